The number of carbonyl (C=O) groups is 1. The standard InChI is InChI=1S/C9H16F3NOS/c1-3-4-5-15-7(2)8(14)13-6-9(10,11)12/h7H,3-6H2,1-2H3,(H,13,14). The minimum atomic E-state index is -4.33. The summed E-state index contributed by atoms with van der Waals surface area (Å²) in [6.45, 7) is 2.39. The molecule has 0 fully saturated rings. The smallest absolute Gasteiger partial charge is 0.346 e. The van der Waals surface area contributed by atoms with Gasteiger partial charge in [-0.25, -0.2) is 0 Å². The highest BCUT2D eigenvalue weighted by atomic mass is 32.2. The summed E-state index contributed by atoms with van der Waals surface area (Å²) in [7, 11) is 0. The van der Waals surface area contributed by atoms with Crippen molar-refractivity contribution >= 4 is 17.7 Å². The van der Waals surface area contributed by atoms with Crippen molar-refractivity contribution in [3.05, 3.63) is 0 Å². The maximum absolute atomic E-state index is 11.8. The largest absolute Gasteiger partial charge is 0.405 e. The van der Waals surface area contributed by atoms with Crippen molar-refractivity contribution in [1.29, 1.82) is 0 Å². The van der Waals surface area contributed by atoms with E-state index in [0.717, 1.165) is 18.6 Å². The van der Waals surface area contributed by atoms with E-state index in [1.807, 2.05) is 12.2 Å². The van der Waals surface area contributed by atoms with E-state index >= 15 is 0 Å². The highest BCUT2D eigenvalue weighted by Gasteiger charge is 2.28. The van der Waals surface area contributed by atoms with Crippen LogP contribution in [0.1, 0.15) is 26.7 Å². The average Bonchev–Trinajstić information content (AvgIpc) is 2.13. The van der Waals surface area contributed by atoms with Crippen molar-refractivity contribution in [1.82, 2.24) is 5.32 Å². The Morgan fingerprint density at radius 2 is 2.07 bits per heavy atom. The second kappa shape index (κ2) is 6.98. The summed E-state index contributed by atoms with van der Waals surface area (Å²) in [5, 5.41) is 1.45. The predicted molar refractivity (Wildman–Crippen MR) is 55.9 cm³/mol. The first-order chi connectivity index (χ1) is 6.87. The van der Waals surface area contributed by atoms with Crippen LogP contribution in [0.3, 0.4) is 0 Å². The third-order valence-electron chi connectivity index (χ3n) is 1.70. The Morgan fingerprint density at radius 3 is 2.53 bits per heavy atom. The molecule has 1 amide bonds. The summed E-state index contributed by atoms with van der Waals surface area (Å²) < 4.78 is 35.3. The molecule has 0 saturated carbocycles. The van der Waals surface area contributed by atoms with Crippen LogP contribution in [0, 0.1) is 0 Å². The molecular weight excluding hydrogens is 227 g/mol. The summed E-state index contributed by atoms with van der Waals surface area (Å²) >= 11 is 1.38. The molecular formula is C9H16F3NOS. The molecule has 0 heterocycles. The van der Waals surface area contributed by atoms with Crippen molar-refractivity contribution in [3.63, 3.8) is 0 Å². The van der Waals surface area contributed by atoms with Crippen LogP contribution >= 0.6 is 11.8 Å². The van der Waals surface area contributed by atoms with E-state index in [1.54, 1.807) is 6.92 Å². The summed E-state index contributed by atoms with van der Waals surface area (Å²) in [6, 6.07) is 0. The van der Waals surface area contributed by atoms with Gasteiger partial charge in [0.15, 0.2) is 0 Å². The van der Waals surface area contributed by atoms with Crippen molar-refractivity contribution in [2.75, 3.05) is 12.3 Å². The molecule has 0 rings (SSSR count). The van der Waals surface area contributed by atoms with Gasteiger partial charge in [-0.2, -0.15) is 13.2 Å². The van der Waals surface area contributed by atoms with Crippen molar-refractivity contribution in [2.24, 2.45) is 0 Å². The Bertz CT molecular complexity index is 196. The molecule has 0 aromatic heterocycles. The minimum absolute atomic E-state index is 0.418. The maximum Gasteiger partial charge on any atom is 0.405 e. The molecule has 0 aliphatic carbocycles. The highest BCUT2D eigenvalue weighted by Crippen LogP contribution is 2.15. The fraction of sp³-hybridized carbons (Fsp3) is 0.889. The van der Waals surface area contributed by atoms with Gasteiger partial charge < -0.3 is 5.32 Å². The summed E-state index contributed by atoms with van der Waals surface area (Å²) in [6.07, 6.45) is -2.34. The van der Waals surface area contributed by atoms with E-state index < -0.39 is 23.9 Å². The van der Waals surface area contributed by atoms with Crippen LogP contribution in [0.15, 0.2) is 0 Å². The lowest BCUT2D eigenvalue weighted by Crippen LogP contribution is -2.38. The number of rotatable bonds is 6. The molecule has 90 valence electrons. The van der Waals surface area contributed by atoms with Gasteiger partial charge >= 0.3 is 6.18 Å². The molecule has 1 unspecified atom stereocenters. The van der Waals surface area contributed by atoms with Crippen molar-refractivity contribution < 1.29 is 18.0 Å². The Hall–Kier alpha value is -0.390. The second-order valence-electron chi connectivity index (χ2n) is 3.20. The number of hydrogen-bond donors (Lipinski definition) is 1. The van der Waals surface area contributed by atoms with Crippen molar-refractivity contribution in [3.8, 4) is 0 Å². The third-order valence-corrected chi connectivity index (χ3v) is 2.94. The Labute approximate surface area is 92.0 Å². The number of nitrogens with one attached hydrogen (secondary N) is 1. The summed E-state index contributed by atoms with van der Waals surface area (Å²) in [5.41, 5.74) is 0. The monoisotopic (exact) mass is 243 g/mol. The van der Waals surface area contributed by atoms with Crippen LogP contribution in [0.4, 0.5) is 13.2 Å². The molecule has 1 atom stereocenters. The van der Waals surface area contributed by atoms with E-state index in [0.29, 0.717) is 0 Å². The van der Waals surface area contributed by atoms with Gasteiger partial charge in [-0.05, 0) is 19.1 Å². The lowest BCUT2D eigenvalue weighted by molar-refractivity contribution is -0.137. The fourth-order valence-electron chi connectivity index (χ4n) is 0.811. The number of alkyl halides is 3. The predicted octanol–water partition coefficient (Wildman–Crippen LogP) is 2.59. The lowest BCUT2D eigenvalue weighted by atomic mass is 10.4. The lowest BCUT2D eigenvalue weighted by Gasteiger charge is -2.12. The van der Waals surface area contributed by atoms with Crippen LogP contribution in [0.2, 0.25) is 0 Å². The third kappa shape index (κ3) is 8.59. The van der Waals surface area contributed by atoms with E-state index in [2.05, 4.69) is 0 Å². The molecule has 6 heteroatoms. The van der Waals surface area contributed by atoms with Gasteiger partial charge in [0.05, 0.1) is 5.25 Å². The molecule has 0 radical (unpaired) electrons. The molecule has 0 aliphatic rings. The highest BCUT2D eigenvalue weighted by molar-refractivity contribution is 8.00. The first-order valence-electron chi connectivity index (χ1n) is 4.83. The normalized spacial score (nSPS) is 13.7. The number of hydrogen-bond acceptors (Lipinski definition) is 2. The quantitative estimate of drug-likeness (QED) is 0.726. The van der Waals surface area contributed by atoms with E-state index in [4.69, 9.17) is 0 Å². The van der Waals surface area contributed by atoms with Crippen LogP contribution in [0.25, 0.3) is 0 Å². The van der Waals surface area contributed by atoms with E-state index in [9.17, 15) is 18.0 Å². The van der Waals surface area contributed by atoms with Crippen molar-refractivity contribution in [2.45, 2.75) is 38.1 Å². The Kier molecular flexibility index (Phi) is 6.80. The van der Waals surface area contributed by atoms with Crippen LogP contribution in [-0.4, -0.2) is 29.6 Å². The molecule has 1 N–H and O–H groups in total. The van der Waals surface area contributed by atoms with Gasteiger partial charge in [0.25, 0.3) is 0 Å². The molecule has 0 aliphatic heterocycles. The molecule has 0 spiro atoms. The average molecular weight is 243 g/mol. The number of thioether (sulfide) groups is 1. The molecule has 0 bridgehead atoms. The zero-order valence-corrected chi connectivity index (χ0v) is 9.67. The van der Waals surface area contributed by atoms with E-state index in [-0.39, 0.29) is 0 Å². The SMILES string of the molecule is CCCCSC(C)C(=O)NCC(F)(F)F. The summed E-state index contributed by atoms with van der Waals surface area (Å²) in [5.74, 6) is 0.255. The van der Waals surface area contributed by atoms with Gasteiger partial charge in [-0.3, -0.25) is 4.79 Å². The number of amides is 1. The molecule has 2 nitrogen and oxygen atoms in total. The molecule has 0 saturated heterocycles. The number of halogens is 3. The molecule has 15 heavy (non-hydrogen) atoms. The van der Waals surface area contributed by atoms with Gasteiger partial charge in [-0.1, -0.05) is 13.3 Å². The molecule has 0 aromatic rings. The van der Waals surface area contributed by atoms with Gasteiger partial charge in [0, 0.05) is 0 Å². The number of carbonyl (C=O) groups excluding carboxylic acids is 1. The van der Waals surface area contributed by atoms with Gasteiger partial charge in [-0.15, -0.1) is 11.8 Å². The van der Waals surface area contributed by atoms with E-state index in [1.165, 1.54) is 11.8 Å². The van der Waals surface area contributed by atoms with Gasteiger partial charge in [0.1, 0.15) is 6.54 Å². The van der Waals surface area contributed by atoms with Crippen LogP contribution < -0.4 is 5.32 Å². The van der Waals surface area contributed by atoms with Crippen LogP contribution in [-0.2, 0) is 4.79 Å². The fourth-order valence-corrected chi connectivity index (χ4v) is 1.85. The zero-order chi connectivity index (χ0) is 11.9. The Balaban J connectivity index is 3.70. The first-order valence-corrected chi connectivity index (χ1v) is 5.87. The Morgan fingerprint density at radius 1 is 1.47 bits per heavy atom. The topological polar surface area (TPSA) is 29.1 Å². The minimum Gasteiger partial charge on any atom is -0.346 e. The first kappa shape index (κ1) is 14.6. The second-order valence-corrected chi connectivity index (χ2v) is 4.65. The molecule has 0 aromatic carbocycles. The van der Waals surface area contributed by atoms with Gasteiger partial charge in [0.2, 0.25) is 5.91 Å². The maximum atomic E-state index is 11.8. The zero-order valence-electron chi connectivity index (χ0n) is 8.86. The van der Waals surface area contributed by atoms with Crippen LogP contribution in [0.5, 0.6) is 0 Å². The summed E-state index contributed by atoms with van der Waals surface area (Å²) in [4.78, 5) is 11.2. The number of unbranched alkanes of at least 4 members (excludes halogenated alkanes) is 1.